The number of amides is 1. The number of carboxylic acids is 1. The number of aliphatic carboxylic acids is 1. The second-order valence-electron chi connectivity index (χ2n) is 7.02. The van der Waals surface area contributed by atoms with Crippen LogP contribution >= 0.6 is 0 Å². The molecule has 4 heteroatoms. The maximum absolute atomic E-state index is 11.4. The highest BCUT2D eigenvalue weighted by molar-refractivity contribution is 6.36. The molecule has 2 N–H and O–H groups in total. The van der Waals surface area contributed by atoms with Crippen LogP contribution in [0.1, 0.15) is 52.7 Å². The predicted octanol–water partition coefficient (Wildman–Crippen LogP) is 3.30. The third-order valence-electron chi connectivity index (χ3n) is 3.14. The Kier molecular flexibility index (Phi) is 4.27. The maximum Gasteiger partial charge on any atom is 0.394 e. The minimum atomic E-state index is -1.48. The number of benzene rings is 1. The summed E-state index contributed by atoms with van der Waals surface area (Å²) in [6.45, 7) is 12.3. The zero-order chi connectivity index (χ0) is 15.7. The number of carbonyl (C=O) groups excluding carboxylic acids is 1. The van der Waals surface area contributed by atoms with Crippen molar-refractivity contribution in [2.75, 3.05) is 5.32 Å². The summed E-state index contributed by atoms with van der Waals surface area (Å²) in [6, 6.07) is 5.84. The Morgan fingerprint density at radius 2 is 1.55 bits per heavy atom. The van der Waals surface area contributed by atoms with Crippen LogP contribution in [-0.4, -0.2) is 17.0 Å². The first-order chi connectivity index (χ1) is 8.93. The third-order valence-corrected chi connectivity index (χ3v) is 3.14. The molecule has 1 aromatic rings. The van der Waals surface area contributed by atoms with Crippen LogP contribution in [0.4, 0.5) is 5.69 Å². The smallest absolute Gasteiger partial charge is 0.394 e. The van der Waals surface area contributed by atoms with Crippen LogP contribution in [0.3, 0.4) is 0 Å². The van der Waals surface area contributed by atoms with Crippen LogP contribution in [0.25, 0.3) is 0 Å². The highest BCUT2D eigenvalue weighted by atomic mass is 16.4. The van der Waals surface area contributed by atoms with Gasteiger partial charge in [-0.3, -0.25) is 4.79 Å². The predicted molar refractivity (Wildman–Crippen MR) is 80.1 cm³/mol. The van der Waals surface area contributed by atoms with Gasteiger partial charge >= 0.3 is 11.9 Å². The minimum Gasteiger partial charge on any atom is -0.474 e. The van der Waals surface area contributed by atoms with Gasteiger partial charge in [-0.1, -0.05) is 53.7 Å². The van der Waals surface area contributed by atoms with Gasteiger partial charge in [0.2, 0.25) is 0 Å². The van der Waals surface area contributed by atoms with E-state index in [0.29, 0.717) is 5.69 Å². The van der Waals surface area contributed by atoms with Crippen LogP contribution in [0, 0.1) is 0 Å². The molecule has 1 rings (SSSR count). The van der Waals surface area contributed by atoms with Crippen molar-refractivity contribution in [2.45, 2.75) is 52.4 Å². The van der Waals surface area contributed by atoms with Gasteiger partial charge in [0.25, 0.3) is 0 Å². The third kappa shape index (κ3) is 3.83. The van der Waals surface area contributed by atoms with Gasteiger partial charge in [0, 0.05) is 5.69 Å². The van der Waals surface area contributed by atoms with Crippen LogP contribution in [0.5, 0.6) is 0 Å². The molecule has 4 nitrogen and oxygen atoms in total. The maximum atomic E-state index is 11.4. The Balaban J connectivity index is 3.34. The highest BCUT2D eigenvalue weighted by Gasteiger charge is 2.23. The van der Waals surface area contributed by atoms with Gasteiger partial charge in [0.15, 0.2) is 0 Å². The summed E-state index contributed by atoms with van der Waals surface area (Å²) < 4.78 is 0. The topological polar surface area (TPSA) is 66.4 Å². The summed E-state index contributed by atoms with van der Waals surface area (Å²) in [5.41, 5.74) is 2.28. The van der Waals surface area contributed by atoms with Gasteiger partial charge in [0.05, 0.1) is 0 Å². The first kappa shape index (κ1) is 16.2. The number of hydrogen-bond donors (Lipinski definition) is 2. The van der Waals surface area contributed by atoms with Crippen molar-refractivity contribution in [3.05, 3.63) is 29.3 Å². The van der Waals surface area contributed by atoms with Gasteiger partial charge in [-0.25, -0.2) is 4.79 Å². The fraction of sp³-hybridized carbons (Fsp3) is 0.500. The van der Waals surface area contributed by atoms with E-state index in [1.807, 2.05) is 39.0 Å². The average molecular weight is 277 g/mol. The number of nitrogens with one attached hydrogen (secondary N) is 1. The van der Waals surface area contributed by atoms with E-state index in [0.717, 1.165) is 11.1 Å². The van der Waals surface area contributed by atoms with Gasteiger partial charge in [-0.15, -0.1) is 0 Å². The van der Waals surface area contributed by atoms with E-state index < -0.39 is 11.9 Å². The zero-order valence-corrected chi connectivity index (χ0v) is 13.0. The van der Waals surface area contributed by atoms with Crippen molar-refractivity contribution in [3.63, 3.8) is 0 Å². The molecule has 0 heterocycles. The van der Waals surface area contributed by atoms with E-state index in [-0.39, 0.29) is 10.8 Å². The fourth-order valence-corrected chi connectivity index (χ4v) is 1.94. The van der Waals surface area contributed by atoms with E-state index in [2.05, 4.69) is 26.1 Å². The Morgan fingerprint density at radius 3 is 1.95 bits per heavy atom. The second kappa shape index (κ2) is 5.27. The molecule has 0 saturated heterocycles. The van der Waals surface area contributed by atoms with Crippen molar-refractivity contribution in [1.29, 1.82) is 0 Å². The van der Waals surface area contributed by atoms with Crippen molar-refractivity contribution in [2.24, 2.45) is 0 Å². The van der Waals surface area contributed by atoms with E-state index in [9.17, 15) is 9.59 Å². The minimum absolute atomic E-state index is 0.0703. The molecule has 0 unspecified atom stereocenters. The molecule has 20 heavy (non-hydrogen) atoms. The van der Waals surface area contributed by atoms with Crippen LogP contribution < -0.4 is 5.32 Å². The quantitative estimate of drug-likeness (QED) is 0.774. The number of carbonyl (C=O) groups is 2. The highest BCUT2D eigenvalue weighted by Crippen LogP contribution is 2.33. The number of hydrogen-bond acceptors (Lipinski definition) is 2. The van der Waals surface area contributed by atoms with Gasteiger partial charge in [0.1, 0.15) is 0 Å². The molecule has 0 aromatic heterocycles. The lowest BCUT2D eigenvalue weighted by atomic mass is 9.81. The molecule has 0 spiro atoms. The summed E-state index contributed by atoms with van der Waals surface area (Å²) in [4.78, 5) is 22.2. The number of rotatable bonds is 1. The van der Waals surface area contributed by atoms with E-state index in [4.69, 9.17) is 5.11 Å². The Morgan fingerprint density at radius 1 is 1.00 bits per heavy atom. The van der Waals surface area contributed by atoms with Crippen molar-refractivity contribution in [1.82, 2.24) is 0 Å². The van der Waals surface area contributed by atoms with Crippen molar-refractivity contribution >= 4 is 17.6 Å². The average Bonchev–Trinajstić information content (AvgIpc) is 2.25. The number of carboxylic acid groups (broad SMARTS) is 1. The first-order valence-corrected chi connectivity index (χ1v) is 6.62. The fourth-order valence-electron chi connectivity index (χ4n) is 1.94. The molecule has 0 atom stereocenters. The van der Waals surface area contributed by atoms with E-state index in [1.165, 1.54) is 0 Å². The largest absolute Gasteiger partial charge is 0.474 e. The SMILES string of the molecule is CC(C)(C)c1ccc(C(C)(C)C)c(NC(=O)C(=O)O)c1. The molecular formula is C16H23NO3. The van der Waals surface area contributed by atoms with Gasteiger partial charge in [-0.2, -0.15) is 0 Å². The Labute approximate surface area is 120 Å². The normalized spacial score (nSPS) is 12.1. The van der Waals surface area contributed by atoms with Crippen molar-refractivity contribution < 1.29 is 14.7 Å². The molecule has 0 aliphatic carbocycles. The summed E-state index contributed by atoms with van der Waals surface area (Å²) in [5.74, 6) is -2.49. The monoisotopic (exact) mass is 277 g/mol. The number of anilines is 1. The Bertz CT molecular complexity index is 534. The second-order valence-corrected chi connectivity index (χ2v) is 7.02. The summed E-state index contributed by atoms with van der Waals surface area (Å²) >= 11 is 0. The van der Waals surface area contributed by atoms with E-state index in [1.54, 1.807) is 0 Å². The lowest BCUT2D eigenvalue weighted by molar-refractivity contribution is -0.147. The Hall–Kier alpha value is -1.84. The van der Waals surface area contributed by atoms with Gasteiger partial charge in [-0.05, 0) is 28.0 Å². The summed E-state index contributed by atoms with van der Waals surface area (Å²) in [6.07, 6.45) is 0. The van der Waals surface area contributed by atoms with Crippen LogP contribution in [-0.2, 0) is 20.4 Å². The molecule has 0 aliphatic rings. The molecule has 110 valence electrons. The molecule has 1 amide bonds. The van der Waals surface area contributed by atoms with Crippen LogP contribution in [0.15, 0.2) is 18.2 Å². The molecule has 0 aliphatic heterocycles. The lowest BCUT2D eigenvalue weighted by Crippen LogP contribution is -2.25. The molecule has 1 aromatic carbocycles. The van der Waals surface area contributed by atoms with E-state index >= 15 is 0 Å². The zero-order valence-electron chi connectivity index (χ0n) is 13.0. The molecular weight excluding hydrogens is 254 g/mol. The molecule has 0 bridgehead atoms. The standard InChI is InChI=1S/C16H23NO3/c1-15(2,3)10-7-8-11(16(4,5)6)12(9-10)17-13(18)14(19)20/h7-9H,1-6H3,(H,17,18)(H,19,20). The lowest BCUT2D eigenvalue weighted by Gasteiger charge is -2.26. The summed E-state index contributed by atoms with van der Waals surface area (Å²) in [5, 5.41) is 11.2. The van der Waals surface area contributed by atoms with Crippen molar-refractivity contribution in [3.8, 4) is 0 Å². The molecule has 0 saturated carbocycles. The van der Waals surface area contributed by atoms with Gasteiger partial charge < -0.3 is 10.4 Å². The summed E-state index contributed by atoms with van der Waals surface area (Å²) in [7, 11) is 0. The molecule has 0 fully saturated rings. The van der Waals surface area contributed by atoms with Crippen LogP contribution in [0.2, 0.25) is 0 Å². The molecule has 0 radical (unpaired) electrons. The first-order valence-electron chi connectivity index (χ1n) is 6.62.